The molecule has 2 heterocycles. The van der Waals surface area contributed by atoms with E-state index >= 15 is 0 Å². The summed E-state index contributed by atoms with van der Waals surface area (Å²) in [7, 11) is 0. The van der Waals surface area contributed by atoms with Gasteiger partial charge in [0.1, 0.15) is 18.5 Å². The van der Waals surface area contributed by atoms with Crippen molar-refractivity contribution in [1.29, 1.82) is 0 Å². The summed E-state index contributed by atoms with van der Waals surface area (Å²) in [5, 5.41) is 1.10. The zero-order chi connectivity index (χ0) is 22.5. The maximum Gasteiger partial charge on any atom is 0.330 e. The smallest absolute Gasteiger partial charge is 0.330 e. The van der Waals surface area contributed by atoms with Gasteiger partial charge in [0.15, 0.2) is 0 Å². The molecule has 1 N–H and O–H groups in total. The molecule has 3 aromatic rings. The van der Waals surface area contributed by atoms with E-state index < -0.39 is 0 Å². The van der Waals surface area contributed by atoms with Crippen molar-refractivity contribution < 1.29 is 19.1 Å². The second-order valence-electron chi connectivity index (χ2n) is 7.61. The van der Waals surface area contributed by atoms with E-state index in [1.165, 1.54) is 6.08 Å². The molecule has 0 saturated heterocycles. The van der Waals surface area contributed by atoms with E-state index in [4.69, 9.17) is 14.3 Å². The highest BCUT2D eigenvalue weighted by Crippen LogP contribution is 2.25. The minimum atomic E-state index is -0.367. The summed E-state index contributed by atoms with van der Waals surface area (Å²) in [6.07, 6.45) is 3.07. The molecular weight excluding hydrogens is 404 g/mol. The van der Waals surface area contributed by atoms with Gasteiger partial charge in [-0.15, -0.1) is 0 Å². The summed E-state index contributed by atoms with van der Waals surface area (Å²) in [6.45, 7) is 6.42. The number of hydrogen-bond acceptors (Lipinski definition) is 6. The van der Waals surface area contributed by atoms with Gasteiger partial charge in [0.25, 0.3) is 0 Å². The molecule has 0 bridgehead atoms. The van der Waals surface area contributed by atoms with Crippen molar-refractivity contribution in [2.45, 2.75) is 33.5 Å². The number of benzene rings is 2. The number of esters is 1. The minimum absolute atomic E-state index is 0.325. The first-order chi connectivity index (χ1) is 15.5. The van der Waals surface area contributed by atoms with Crippen LogP contribution in [0.15, 0.2) is 72.3 Å². The van der Waals surface area contributed by atoms with E-state index in [0.29, 0.717) is 13.2 Å². The van der Waals surface area contributed by atoms with Gasteiger partial charge in [0, 0.05) is 22.7 Å². The van der Waals surface area contributed by atoms with Gasteiger partial charge >= 0.3 is 5.97 Å². The molecule has 32 heavy (non-hydrogen) atoms. The number of hydrogen-bond donors (Lipinski definition) is 1. The summed E-state index contributed by atoms with van der Waals surface area (Å²) in [5.41, 5.74) is 8.57. The van der Waals surface area contributed by atoms with Crippen molar-refractivity contribution in [2.24, 2.45) is 0 Å². The molecule has 6 nitrogen and oxygen atoms in total. The maximum atomic E-state index is 11.6. The van der Waals surface area contributed by atoms with Crippen LogP contribution in [0.4, 0.5) is 0 Å². The Morgan fingerprint density at radius 2 is 1.97 bits per heavy atom. The summed E-state index contributed by atoms with van der Waals surface area (Å²) < 4.78 is 11.0. The van der Waals surface area contributed by atoms with Crippen molar-refractivity contribution in [3.05, 3.63) is 89.1 Å². The number of aromatic nitrogens is 1. The average molecular weight is 431 g/mol. The fourth-order valence-corrected chi connectivity index (χ4v) is 3.58. The van der Waals surface area contributed by atoms with E-state index in [9.17, 15) is 4.79 Å². The molecule has 6 heteroatoms. The Labute approximate surface area is 187 Å². The van der Waals surface area contributed by atoms with Crippen LogP contribution in [0.1, 0.15) is 30.7 Å². The highest BCUT2D eigenvalue weighted by Gasteiger charge is 2.20. The van der Waals surface area contributed by atoms with E-state index in [-0.39, 0.29) is 12.1 Å². The first kappa shape index (κ1) is 21.6. The predicted octanol–water partition coefficient (Wildman–Crippen LogP) is 4.88. The first-order valence-corrected chi connectivity index (χ1v) is 10.6. The number of hydroxylamine groups is 1. The summed E-state index contributed by atoms with van der Waals surface area (Å²) in [6, 6.07) is 18.0. The van der Waals surface area contributed by atoms with Crippen LogP contribution in [-0.2, 0) is 21.0 Å². The van der Waals surface area contributed by atoms with Crippen LogP contribution < -0.4 is 10.2 Å². The Hall–Kier alpha value is -3.64. The Kier molecular flexibility index (Phi) is 6.52. The van der Waals surface area contributed by atoms with E-state index in [0.717, 1.165) is 44.7 Å². The summed E-state index contributed by atoms with van der Waals surface area (Å²) >= 11 is 0. The number of pyridine rings is 1. The predicted molar refractivity (Wildman–Crippen MR) is 124 cm³/mol. The van der Waals surface area contributed by atoms with Crippen LogP contribution in [0.5, 0.6) is 5.75 Å². The third kappa shape index (κ3) is 4.98. The highest BCUT2D eigenvalue weighted by atomic mass is 16.7. The molecule has 1 atom stereocenters. The topological polar surface area (TPSA) is 69.7 Å². The average Bonchev–Trinajstić information content (AvgIpc) is 3.28. The van der Waals surface area contributed by atoms with Gasteiger partial charge in [0.2, 0.25) is 0 Å². The fourth-order valence-electron chi connectivity index (χ4n) is 3.58. The van der Waals surface area contributed by atoms with Gasteiger partial charge in [-0.05, 0) is 74.4 Å². The molecule has 0 saturated carbocycles. The second-order valence-corrected chi connectivity index (χ2v) is 7.61. The Morgan fingerprint density at radius 3 is 2.75 bits per heavy atom. The number of carbonyl (C=O) groups is 1. The van der Waals surface area contributed by atoms with Crippen LogP contribution in [0, 0.1) is 6.92 Å². The molecule has 1 aromatic heterocycles. The third-order valence-electron chi connectivity index (χ3n) is 5.18. The lowest BCUT2D eigenvalue weighted by Crippen LogP contribution is -2.14. The Balaban J connectivity index is 1.43. The van der Waals surface area contributed by atoms with Crippen LogP contribution in [0.3, 0.4) is 0 Å². The van der Waals surface area contributed by atoms with Gasteiger partial charge in [-0.1, -0.05) is 18.2 Å². The van der Waals surface area contributed by atoms with Crippen molar-refractivity contribution in [2.75, 3.05) is 6.61 Å². The molecule has 2 aromatic carbocycles. The normalized spacial score (nSPS) is 15.9. The number of rotatable bonds is 7. The van der Waals surface area contributed by atoms with Crippen LogP contribution in [0.25, 0.3) is 16.6 Å². The lowest BCUT2D eigenvalue weighted by Gasteiger charge is -2.11. The van der Waals surface area contributed by atoms with Crippen molar-refractivity contribution in [3.8, 4) is 5.75 Å². The van der Waals surface area contributed by atoms with Crippen LogP contribution in [-0.4, -0.2) is 23.7 Å². The van der Waals surface area contributed by atoms with E-state index in [1.807, 2.05) is 62.4 Å². The zero-order valence-corrected chi connectivity index (χ0v) is 18.4. The molecule has 4 rings (SSSR count). The number of fused-ring (bicyclic) bond motifs is 1. The van der Waals surface area contributed by atoms with Crippen LogP contribution >= 0.6 is 0 Å². The lowest BCUT2D eigenvalue weighted by atomic mass is 10.1. The molecule has 1 unspecified atom stereocenters. The maximum absolute atomic E-state index is 11.6. The van der Waals surface area contributed by atoms with Gasteiger partial charge in [-0.25, -0.2) is 4.79 Å². The van der Waals surface area contributed by atoms with Gasteiger partial charge in [0.05, 0.1) is 17.8 Å². The quantitative estimate of drug-likeness (QED) is 0.426. The Morgan fingerprint density at radius 1 is 1.19 bits per heavy atom. The Bertz CT molecular complexity index is 1180. The van der Waals surface area contributed by atoms with Crippen molar-refractivity contribution in [1.82, 2.24) is 10.5 Å². The zero-order valence-electron chi connectivity index (χ0n) is 18.4. The third-order valence-corrected chi connectivity index (χ3v) is 5.18. The molecule has 0 amide bonds. The van der Waals surface area contributed by atoms with Crippen LogP contribution in [0.2, 0.25) is 0 Å². The lowest BCUT2D eigenvalue weighted by molar-refractivity contribution is -0.137. The molecule has 1 aliphatic heterocycles. The first-order valence-electron chi connectivity index (χ1n) is 10.6. The van der Waals surface area contributed by atoms with Crippen molar-refractivity contribution >= 4 is 22.6 Å². The molecule has 1 aliphatic rings. The number of ether oxygens (including phenoxy) is 2. The minimum Gasteiger partial charge on any atom is -0.489 e. The number of aryl methyl sites for hydroxylation is 1. The largest absolute Gasteiger partial charge is 0.489 e. The molecule has 0 spiro atoms. The van der Waals surface area contributed by atoms with Gasteiger partial charge < -0.3 is 9.47 Å². The monoisotopic (exact) mass is 430 g/mol. The van der Waals surface area contributed by atoms with Gasteiger partial charge in [-0.2, -0.15) is 0 Å². The van der Waals surface area contributed by atoms with Crippen molar-refractivity contribution in [3.63, 3.8) is 0 Å². The number of nitrogens with one attached hydrogen (secondary N) is 1. The van der Waals surface area contributed by atoms with E-state index in [2.05, 4.69) is 22.6 Å². The second kappa shape index (κ2) is 9.66. The van der Waals surface area contributed by atoms with E-state index in [1.54, 1.807) is 6.92 Å². The summed E-state index contributed by atoms with van der Waals surface area (Å²) in [4.78, 5) is 21.8. The molecular formula is C26H26N2O4. The molecule has 0 aliphatic carbocycles. The molecule has 0 radical (unpaired) electrons. The van der Waals surface area contributed by atoms with Gasteiger partial charge in [-0.3, -0.25) is 15.3 Å². The SMILES string of the molecule is CCOC(=O)C=C(C)C1C=C(c2ccc(OCc3cc(C)nc4ccccc34)cc2)NO1. The fraction of sp³-hybridized carbons (Fsp3) is 0.231. The summed E-state index contributed by atoms with van der Waals surface area (Å²) in [5.74, 6) is 0.413. The number of carbonyl (C=O) groups excluding carboxylic acids is 1. The standard InChI is InChI=1S/C26H26N2O4/c1-4-30-26(29)13-17(2)25-15-24(28-32-25)19-9-11-21(12-10-19)31-16-20-14-18(3)27-23-8-6-5-7-22(20)23/h5-15,25,28H,4,16H2,1-3H3. The number of para-hydroxylation sites is 1. The molecule has 0 fully saturated rings. The molecule has 164 valence electrons. The number of nitrogens with zero attached hydrogens (tertiary/aromatic N) is 1. The highest BCUT2D eigenvalue weighted by molar-refractivity contribution is 5.83.